The molecule has 18 heavy (non-hydrogen) atoms. The van der Waals surface area contributed by atoms with E-state index in [2.05, 4.69) is 38.2 Å². The first-order chi connectivity index (χ1) is 8.25. The summed E-state index contributed by atoms with van der Waals surface area (Å²) in [4.78, 5) is 11.5. The van der Waals surface area contributed by atoms with Gasteiger partial charge in [0.2, 0.25) is 5.91 Å². The maximum Gasteiger partial charge on any atom is 0.226 e. The SMILES string of the molecule is Cc1cc(C(C)(C)C)cc(C)c1NC(=O)CCO. The Hall–Kier alpha value is -1.35. The van der Waals surface area contributed by atoms with Crippen LogP contribution in [-0.4, -0.2) is 17.6 Å². The minimum atomic E-state index is -0.146. The van der Waals surface area contributed by atoms with Crippen LogP contribution in [0.2, 0.25) is 0 Å². The number of rotatable bonds is 3. The van der Waals surface area contributed by atoms with Gasteiger partial charge in [-0.25, -0.2) is 0 Å². The van der Waals surface area contributed by atoms with Crippen molar-refractivity contribution in [3.05, 3.63) is 28.8 Å². The smallest absolute Gasteiger partial charge is 0.226 e. The van der Waals surface area contributed by atoms with Crippen LogP contribution >= 0.6 is 0 Å². The topological polar surface area (TPSA) is 49.3 Å². The van der Waals surface area contributed by atoms with E-state index < -0.39 is 0 Å². The third-order valence-electron chi connectivity index (χ3n) is 3.00. The average Bonchev–Trinajstić information content (AvgIpc) is 2.22. The second-order valence-corrected chi connectivity index (χ2v) is 5.76. The first kappa shape index (κ1) is 14.7. The highest BCUT2D eigenvalue weighted by Gasteiger charge is 2.16. The maximum atomic E-state index is 11.5. The molecular weight excluding hydrogens is 226 g/mol. The molecule has 0 aliphatic heterocycles. The van der Waals surface area contributed by atoms with E-state index in [-0.39, 0.29) is 24.3 Å². The Morgan fingerprint density at radius 2 is 1.72 bits per heavy atom. The van der Waals surface area contributed by atoms with Gasteiger partial charge >= 0.3 is 0 Å². The summed E-state index contributed by atoms with van der Waals surface area (Å²) in [7, 11) is 0. The molecule has 0 bridgehead atoms. The summed E-state index contributed by atoms with van der Waals surface area (Å²) in [5.41, 5.74) is 4.35. The van der Waals surface area contributed by atoms with Gasteiger partial charge in [-0.3, -0.25) is 4.79 Å². The third-order valence-corrected chi connectivity index (χ3v) is 3.00. The monoisotopic (exact) mass is 249 g/mol. The molecule has 1 rings (SSSR count). The van der Waals surface area contributed by atoms with E-state index in [1.54, 1.807) is 0 Å². The zero-order valence-corrected chi connectivity index (χ0v) is 11.9. The number of aliphatic hydroxyl groups is 1. The molecule has 0 aromatic heterocycles. The van der Waals surface area contributed by atoms with Crippen molar-refractivity contribution in [2.45, 2.75) is 46.5 Å². The summed E-state index contributed by atoms with van der Waals surface area (Å²) >= 11 is 0. The molecule has 1 aromatic rings. The van der Waals surface area contributed by atoms with Crippen LogP contribution in [0.3, 0.4) is 0 Å². The van der Waals surface area contributed by atoms with Gasteiger partial charge in [-0.05, 0) is 36.0 Å². The van der Waals surface area contributed by atoms with Crippen LogP contribution in [0.15, 0.2) is 12.1 Å². The standard InChI is InChI=1S/C15H23NO2/c1-10-8-12(15(3,4)5)9-11(2)14(10)16-13(18)6-7-17/h8-9,17H,6-7H2,1-5H3,(H,16,18). The minimum Gasteiger partial charge on any atom is -0.396 e. The molecule has 100 valence electrons. The molecule has 0 saturated carbocycles. The summed E-state index contributed by atoms with van der Waals surface area (Å²) in [6.07, 6.45) is 0.139. The molecule has 0 heterocycles. The highest BCUT2D eigenvalue weighted by molar-refractivity contribution is 5.92. The lowest BCUT2D eigenvalue weighted by Gasteiger charge is -2.22. The molecule has 0 fully saturated rings. The van der Waals surface area contributed by atoms with E-state index in [9.17, 15) is 4.79 Å². The molecule has 0 spiro atoms. The van der Waals surface area contributed by atoms with Crippen LogP contribution in [0.25, 0.3) is 0 Å². The molecule has 0 unspecified atom stereocenters. The Bertz CT molecular complexity index is 421. The van der Waals surface area contributed by atoms with Gasteiger partial charge in [-0.1, -0.05) is 32.9 Å². The van der Waals surface area contributed by atoms with Crippen LogP contribution in [0.1, 0.15) is 43.9 Å². The van der Waals surface area contributed by atoms with Crippen molar-refractivity contribution in [2.75, 3.05) is 11.9 Å². The van der Waals surface area contributed by atoms with Gasteiger partial charge in [-0.15, -0.1) is 0 Å². The lowest BCUT2D eigenvalue weighted by molar-refractivity contribution is -0.116. The lowest BCUT2D eigenvalue weighted by atomic mass is 9.85. The molecule has 0 atom stereocenters. The fourth-order valence-corrected chi connectivity index (χ4v) is 1.90. The van der Waals surface area contributed by atoms with Crippen LogP contribution in [0, 0.1) is 13.8 Å². The Balaban J connectivity index is 3.06. The van der Waals surface area contributed by atoms with Crippen molar-refractivity contribution in [2.24, 2.45) is 0 Å². The van der Waals surface area contributed by atoms with E-state index in [4.69, 9.17) is 5.11 Å². The zero-order chi connectivity index (χ0) is 13.9. The van der Waals surface area contributed by atoms with E-state index in [1.165, 1.54) is 5.56 Å². The molecule has 0 radical (unpaired) electrons. The molecule has 0 saturated heterocycles. The highest BCUT2D eigenvalue weighted by Crippen LogP contribution is 2.29. The average molecular weight is 249 g/mol. The summed E-state index contributed by atoms with van der Waals surface area (Å²) in [6.45, 7) is 10.4. The van der Waals surface area contributed by atoms with Crippen molar-refractivity contribution in [1.82, 2.24) is 0 Å². The summed E-state index contributed by atoms with van der Waals surface area (Å²) in [5.74, 6) is -0.146. The zero-order valence-electron chi connectivity index (χ0n) is 11.9. The van der Waals surface area contributed by atoms with Crippen molar-refractivity contribution in [3.8, 4) is 0 Å². The Kier molecular flexibility index (Phi) is 4.52. The molecule has 3 nitrogen and oxygen atoms in total. The third kappa shape index (κ3) is 3.57. The number of aryl methyl sites for hydroxylation is 2. The Labute approximate surface area is 109 Å². The lowest BCUT2D eigenvalue weighted by Crippen LogP contribution is -2.16. The van der Waals surface area contributed by atoms with E-state index in [0.29, 0.717) is 0 Å². The first-order valence-corrected chi connectivity index (χ1v) is 6.28. The van der Waals surface area contributed by atoms with Crippen LogP contribution in [0.5, 0.6) is 0 Å². The number of hydrogen-bond acceptors (Lipinski definition) is 2. The van der Waals surface area contributed by atoms with Crippen molar-refractivity contribution < 1.29 is 9.90 Å². The largest absolute Gasteiger partial charge is 0.396 e. The predicted molar refractivity (Wildman–Crippen MR) is 74.9 cm³/mol. The van der Waals surface area contributed by atoms with Gasteiger partial charge in [0, 0.05) is 5.69 Å². The molecule has 0 aliphatic carbocycles. The molecule has 3 heteroatoms. The molecule has 0 aliphatic rings. The first-order valence-electron chi connectivity index (χ1n) is 6.28. The number of nitrogens with one attached hydrogen (secondary N) is 1. The van der Waals surface area contributed by atoms with Crippen LogP contribution in [-0.2, 0) is 10.2 Å². The summed E-state index contributed by atoms with van der Waals surface area (Å²) < 4.78 is 0. The molecule has 1 aromatic carbocycles. The summed E-state index contributed by atoms with van der Waals surface area (Å²) in [6, 6.07) is 4.23. The van der Waals surface area contributed by atoms with Crippen LogP contribution in [0.4, 0.5) is 5.69 Å². The second-order valence-electron chi connectivity index (χ2n) is 5.76. The number of amides is 1. The van der Waals surface area contributed by atoms with Gasteiger partial charge in [0.15, 0.2) is 0 Å². The highest BCUT2D eigenvalue weighted by atomic mass is 16.3. The number of aliphatic hydroxyl groups excluding tert-OH is 1. The van der Waals surface area contributed by atoms with Crippen molar-refractivity contribution >= 4 is 11.6 Å². The normalized spacial score (nSPS) is 11.4. The van der Waals surface area contributed by atoms with Crippen molar-refractivity contribution in [1.29, 1.82) is 0 Å². The quantitative estimate of drug-likeness (QED) is 0.865. The second kappa shape index (κ2) is 5.53. The number of anilines is 1. The molecular formula is C15H23NO2. The number of hydrogen-bond donors (Lipinski definition) is 2. The van der Waals surface area contributed by atoms with E-state index in [1.807, 2.05) is 13.8 Å². The van der Waals surface area contributed by atoms with Crippen molar-refractivity contribution in [3.63, 3.8) is 0 Å². The van der Waals surface area contributed by atoms with Gasteiger partial charge in [0.25, 0.3) is 0 Å². The molecule has 1 amide bonds. The fraction of sp³-hybridized carbons (Fsp3) is 0.533. The van der Waals surface area contributed by atoms with Gasteiger partial charge in [-0.2, -0.15) is 0 Å². The van der Waals surface area contributed by atoms with Gasteiger partial charge in [0.05, 0.1) is 13.0 Å². The van der Waals surface area contributed by atoms with Crippen LogP contribution < -0.4 is 5.32 Å². The minimum absolute atomic E-state index is 0.100. The Morgan fingerprint density at radius 3 is 2.11 bits per heavy atom. The van der Waals surface area contributed by atoms with E-state index in [0.717, 1.165) is 16.8 Å². The molecule has 2 N–H and O–H groups in total. The van der Waals surface area contributed by atoms with Gasteiger partial charge in [0.1, 0.15) is 0 Å². The number of carbonyl (C=O) groups excluding carboxylic acids is 1. The summed E-state index contributed by atoms with van der Waals surface area (Å²) in [5, 5.41) is 11.6. The maximum absolute atomic E-state index is 11.5. The fourth-order valence-electron chi connectivity index (χ4n) is 1.90. The predicted octanol–water partition coefficient (Wildman–Crippen LogP) is 2.92. The number of carbonyl (C=O) groups is 1. The number of benzene rings is 1. The Morgan fingerprint density at radius 1 is 1.22 bits per heavy atom. The van der Waals surface area contributed by atoms with E-state index >= 15 is 0 Å². The van der Waals surface area contributed by atoms with Gasteiger partial charge < -0.3 is 10.4 Å².